The van der Waals surface area contributed by atoms with E-state index in [0.717, 1.165) is 51.1 Å². The quantitative estimate of drug-likeness (QED) is 0.751. The fourth-order valence-corrected chi connectivity index (χ4v) is 4.10. The fraction of sp³-hybridized carbons (Fsp3) is 0.684. The van der Waals surface area contributed by atoms with Gasteiger partial charge in [-0.2, -0.15) is 0 Å². The average Bonchev–Trinajstić information content (AvgIpc) is 3.14. The van der Waals surface area contributed by atoms with Crippen LogP contribution < -0.4 is 0 Å². The van der Waals surface area contributed by atoms with Gasteiger partial charge < -0.3 is 14.4 Å². The monoisotopic (exact) mass is 330 g/mol. The van der Waals surface area contributed by atoms with Gasteiger partial charge in [-0.15, -0.1) is 0 Å². The van der Waals surface area contributed by atoms with Gasteiger partial charge in [-0.1, -0.05) is 13.0 Å². The van der Waals surface area contributed by atoms with Gasteiger partial charge in [0.25, 0.3) is 0 Å². The second kappa shape index (κ2) is 6.45. The van der Waals surface area contributed by atoms with Crippen LogP contribution in [0.3, 0.4) is 0 Å². The van der Waals surface area contributed by atoms with Crippen LogP contribution in [0, 0.1) is 17.8 Å². The van der Waals surface area contributed by atoms with Crippen molar-refractivity contribution >= 4 is 5.91 Å². The van der Waals surface area contributed by atoms with Crippen LogP contribution in [-0.4, -0.2) is 47.7 Å². The summed E-state index contributed by atoms with van der Waals surface area (Å²) in [4.78, 5) is 18.4. The first kappa shape index (κ1) is 16.0. The molecule has 0 unspecified atom stereocenters. The summed E-state index contributed by atoms with van der Waals surface area (Å²) in [7, 11) is 0. The van der Waals surface area contributed by atoms with Crippen LogP contribution in [0.1, 0.15) is 31.7 Å². The number of ether oxygens (including phenoxy) is 2. The molecule has 2 aliphatic heterocycles. The molecule has 5 nitrogen and oxygen atoms in total. The molecule has 1 aromatic rings. The van der Waals surface area contributed by atoms with Gasteiger partial charge in [-0.3, -0.25) is 9.78 Å². The molecule has 2 saturated heterocycles. The standard InChI is InChI=1S/C19H26N2O3/c1-14-9-17(14)18(22)21-12-19(13-21)16(5-8-24-19)4-7-23-11-15-3-2-6-20-10-15/h2-3,6,10,14,16-17H,4-5,7-9,11-13H2,1H3/t14-,16-,17-/m1/s1. The fourth-order valence-electron chi connectivity index (χ4n) is 4.10. The number of nitrogens with zero attached hydrogens (tertiary/aromatic N) is 2. The summed E-state index contributed by atoms with van der Waals surface area (Å²) >= 11 is 0. The molecule has 3 fully saturated rings. The molecule has 1 spiro atoms. The van der Waals surface area contributed by atoms with Crippen LogP contribution in [-0.2, 0) is 20.9 Å². The Hall–Kier alpha value is -1.46. The van der Waals surface area contributed by atoms with Gasteiger partial charge in [0, 0.05) is 31.5 Å². The first-order chi connectivity index (χ1) is 11.7. The Morgan fingerprint density at radius 3 is 3.04 bits per heavy atom. The highest BCUT2D eigenvalue weighted by Gasteiger charge is 2.56. The van der Waals surface area contributed by atoms with Gasteiger partial charge in [-0.05, 0) is 42.7 Å². The highest BCUT2D eigenvalue weighted by molar-refractivity contribution is 5.82. The molecular weight excluding hydrogens is 304 g/mol. The Labute approximate surface area is 143 Å². The summed E-state index contributed by atoms with van der Waals surface area (Å²) in [5.74, 6) is 1.71. The number of pyridine rings is 1. The van der Waals surface area contributed by atoms with E-state index in [1.807, 2.05) is 23.2 Å². The number of hydrogen-bond donors (Lipinski definition) is 0. The smallest absolute Gasteiger partial charge is 0.226 e. The molecular formula is C19H26N2O3. The molecule has 5 heteroatoms. The zero-order valence-corrected chi connectivity index (χ0v) is 14.3. The number of hydrogen-bond acceptors (Lipinski definition) is 4. The van der Waals surface area contributed by atoms with Crippen molar-refractivity contribution in [1.82, 2.24) is 9.88 Å². The van der Waals surface area contributed by atoms with Crippen molar-refractivity contribution in [3.05, 3.63) is 30.1 Å². The van der Waals surface area contributed by atoms with Crippen LogP contribution in [0.4, 0.5) is 0 Å². The van der Waals surface area contributed by atoms with E-state index in [2.05, 4.69) is 11.9 Å². The topological polar surface area (TPSA) is 51.7 Å². The van der Waals surface area contributed by atoms with Crippen LogP contribution >= 0.6 is 0 Å². The second-order valence-corrected chi connectivity index (χ2v) is 7.62. The Morgan fingerprint density at radius 1 is 1.50 bits per heavy atom. The lowest BCUT2D eigenvalue weighted by Gasteiger charge is -2.50. The van der Waals surface area contributed by atoms with Crippen molar-refractivity contribution in [1.29, 1.82) is 0 Å². The number of carbonyl (C=O) groups excluding carboxylic acids is 1. The van der Waals surface area contributed by atoms with Crippen LogP contribution in [0.15, 0.2) is 24.5 Å². The van der Waals surface area contributed by atoms with Crippen molar-refractivity contribution in [3.63, 3.8) is 0 Å². The van der Waals surface area contributed by atoms with E-state index in [1.54, 1.807) is 6.20 Å². The van der Waals surface area contributed by atoms with Crippen molar-refractivity contribution < 1.29 is 14.3 Å². The summed E-state index contributed by atoms with van der Waals surface area (Å²) in [5, 5.41) is 0. The summed E-state index contributed by atoms with van der Waals surface area (Å²) in [5.41, 5.74) is 1.01. The molecule has 3 heterocycles. The first-order valence-electron chi connectivity index (χ1n) is 9.07. The summed E-state index contributed by atoms with van der Waals surface area (Å²) in [6, 6.07) is 3.96. The maximum Gasteiger partial charge on any atom is 0.226 e. The second-order valence-electron chi connectivity index (χ2n) is 7.62. The summed E-state index contributed by atoms with van der Waals surface area (Å²) in [6.07, 6.45) is 6.76. The lowest BCUT2D eigenvalue weighted by Crippen LogP contribution is -2.66. The van der Waals surface area contributed by atoms with Crippen molar-refractivity contribution in [2.45, 2.75) is 38.4 Å². The van der Waals surface area contributed by atoms with E-state index in [9.17, 15) is 4.79 Å². The van der Waals surface area contributed by atoms with E-state index in [1.165, 1.54) is 0 Å². The third kappa shape index (κ3) is 3.07. The lowest BCUT2D eigenvalue weighted by molar-refractivity contribution is -0.167. The largest absolute Gasteiger partial charge is 0.377 e. The zero-order chi connectivity index (χ0) is 16.6. The molecule has 1 saturated carbocycles. The Morgan fingerprint density at radius 2 is 2.33 bits per heavy atom. The molecule has 1 amide bonds. The Bertz CT molecular complexity index is 586. The minimum atomic E-state index is -0.0918. The van der Waals surface area contributed by atoms with Crippen LogP contribution in [0.25, 0.3) is 0 Å². The van der Waals surface area contributed by atoms with Gasteiger partial charge in [-0.25, -0.2) is 0 Å². The van der Waals surface area contributed by atoms with E-state index < -0.39 is 0 Å². The van der Waals surface area contributed by atoms with E-state index >= 15 is 0 Å². The maximum absolute atomic E-state index is 12.3. The lowest BCUT2D eigenvalue weighted by atomic mass is 9.79. The molecule has 24 heavy (non-hydrogen) atoms. The van der Waals surface area contributed by atoms with Gasteiger partial charge in [0.05, 0.1) is 19.7 Å². The molecule has 3 aliphatic rings. The molecule has 1 aromatic heterocycles. The number of aromatic nitrogens is 1. The van der Waals surface area contributed by atoms with E-state index in [-0.39, 0.29) is 11.5 Å². The van der Waals surface area contributed by atoms with Crippen LogP contribution in [0.2, 0.25) is 0 Å². The average molecular weight is 330 g/mol. The number of rotatable bonds is 6. The first-order valence-corrected chi connectivity index (χ1v) is 9.07. The third-order valence-corrected chi connectivity index (χ3v) is 5.86. The molecule has 0 radical (unpaired) electrons. The molecule has 3 atom stereocenters. The zero-order valence-electron chi connectivity index (χ0n) is 14.3. The molecule has 0 aromatic carbocycles. The maximum atomic E-state index is 12.3. The van der Waals surface area contributed by atoms with Gasteiger partial charge in [0.2, 0.25) is 5.91 Å². The van der Waals surface area contributed by atoms with Crippen molar-refractivity contribution in [2.24, 2.45) is 17.8 Å². The number of likely N-dealkylation sites (tertiary alicyclic amines) is 1. The summed E-state index contributed by atoms with van der Waals surface area (Å²) < 4.78 is 11.9. The highest BCUT2D eigenvalue weighted by atomic mass is 16.5. The minimum Gasteiger partial charge on any atom is -0.377 e. The highest BCUT2D eigenvalue weighted by Crippen LogP contribution is 2.45. The molecule has 1 aliphatic carbocycles. The molecule has 0 N–H and O–H groups in total. The normalized spacial score (nSPS) is 30.4. The minimum absolute atomic E-state index is 0.0918. The van der Waals surface area contributed by atoms with Crippen LogP contribution in [0.5, 0.6) is 0 Å². The van der Waals surface area contributed by atoms with Crippen molar-refractivity contribution in [2.75, 3.05) is 26.3 Å². The Balaban J connectivity index is 1.22. The predicted molar refractivity (Wildman–Crippen MR) is 89.2 cm³/mol. The molecule has 0 bridgehead atoms. The molecule has 4 rings (SSSR count). The predicted octanol–water partition coefficient (Wildman–Crippen LogP) is 2.26. The number of carbonyl (C=O) groups is 1. The van der Waals surface area contributed by atoms with E-state index in [4.69, 9.17) is 9.47 Å². The van der Waals surface area contributed by atoms with Crippen molar-refractivity contribution in [3.8, 4) is 0 Å². The van der Waals surface area contributed by atoms with Gasteiger partial charge in [0.15, 0.2) is 0 Å². The number of amides is 1. The molecule has 130 valence electrons. The third-order valence-electron chi connectivity index (χ3n) is 5.86. The van der Waals surface area contributed by atoms with E-state index in [0.29, 0.717) is 24.3 Å². The van der Waals surface area contributed by atoms with Gasteiger partial charge in [0.1, 0.15) is 5.60 Å². The van der Waals surface area contributed by atoms with Gasteiger partial charge >= 0.3 is 0 Å². The SMILES string of the molecule is C[C@@H]1C[C@H]1C(=O)N1CC2(C1)OCC[C@H]2CCOCc1cccnc1. The summed E-state index contributed by atoms with van der Waals surface area (Å²) in [6.45, 7) is 5.88. The Kier molecular flexibility index (Phi) is 4.31.